The van der Waals surface area contributed by atoms with E-state index in [0.29, 0.717) is 82.8 Å². The van der Waals surface area contributed by atoms with Crippen LogP contribution in [0.3, 0.4) is 0 Å². The van der Waals surface area contributed by atoms with Gasteiger partial charge in [-0.2, -0.15) is 25.3 Å². The average Bonchev–Trinajstić information content (AvgIpc) is 1.78. The van der Waals surface area contributed by atoms with Crippen molar-refractivity contribution in [3.63, 3.8) is 0 Å². The molecular formula is C65H71FN14O7. The number of nitrogens with one attached hydrogen (secondary N) is 5. The summed E-state index contributed by atoms with van der Waals surface area (Å²) in [6, 6.07) is 14.6. The van der Waals surface area contributed by atoms with E-state index in [0.717, 1.165) is 108 Å². The number of amides is 2. The number of hydrogen-bond donors (Lipinski definition) is 6. The third-order valence-corrected chi connectivity index (χ3v) is 19.0. The van der Waals surface area contributed by atoms with Gasteiger partial charge in [-0.3, -0.25) is 28.8 Å². The van der Waals surface area contributed by atoms with E-state index in [1.165, 1.54) is 16.5 Å². The highest BCUT2D eigenvalue weighted by Crippen LogP contribution is 2.54. The lowest BCUT2D eigenvalue weighted by Crippen LogP contribution is -2.49. The first kappa shape index (κ1) is 55.3. The van der Waals surface area contributed by atoms with Gasteiger partial charge in [0.15, 0.2) is 11.3 Å². The van der Waals surface area contributed by atoms with Gasteiger partial charge in [0.05, 0.1) is 36.7 Å². The molecule has 6 aliphatic rings. The van der Waals surface area contributed by atoms with Crippen molar-refractivity contribution in [2.45, 2.75) is 141 Å². The topological polar surface area (TPSA) is 248 Å². The van der Waals surface area contributed by atoms with Crippen molar-refractivity contribution in [1.29, 1.82) is 0 Å². The Morgan fingerprint density at radius 2 is 1.80 bits per heavy atom. The predicted molar refractivity (Wildman–Crippen MR) is 326 cm³/mol. The Bertz CT molecular complexity index is 4280. The van der Waals surface area contributed by atoms with E-state index in [1.807, 2.05) is 49.0 Å². The number of anilines is 1. The monoisotopic (exact) mass is 1180 g/mol. The number of β-amino-alcohol motifs (C(OH)–C–C–N with tert-alkyl or cyclic N) is 1. The Kier molecular flexibility index (Phi) is 14.1. The highest BCUT2D eigenvalue weighted by molar-refractivity contribution is 6.07. The van der Waals surface area contributed by atoms with Gasteiger partial charge in [0.2, 0.25) is 11.8 Å². The minimum absolute atomic E-state index is 0.0253. The van der Waals surface area contributed by atoms with E-state index in [9.17, 15) is 19.5 Å². The predicted octanol–water partition coefficient (Wildman–Crippen LogP) is 7.38. The molecule has 5 aromatic heterocycles. The van der Waals surface area contributed by atoms with Crippen molar-refractivity contribution in [2.24, 2.45) is 5.92 Å². The molecule has 4 saturated heterocycles. The number of aliphatic hydroxyl groups is 1. The van der Waals surface area contributed by atoms with Crippen LogP contribution < -0.4 is 35.9 Å². The Morgan fingerprint density at radius 3 is 2.60 bits per heavy atom. The first-order chi connectivity index (χ1) is 42.3. The van der Waals surface area contributed by atoms with E-state index in [1.54, 1.807) is 24.0 Å². The van der Waals surface area contributed by atoms with Crippen LogP contribution in [-0.4, -0.2) is 136 Å². The van der Waals surface area contributed by atoms with Crippen LogP contribution in [0.15, 0.2) is 71.9 Å². The molecule has 1 saturated carbocycles. The Balaban J connectivity index is 0.750. The van der Waals surface area contributed by atoms with E-state index in [4.69, 9.17) is 29.3 Å². The number of rotatable bonds is 16. The van der Waals surface area contributed by atoms with Crippen molar-refractivity contribution in [3.8, 4) is 34.1 Å². The van der Waals surface area contributed by atoms with Gasteiger partial charge in [0, 0.05) is 127 Å². The zero-order valence-corrected chi connectivity index (χ0v) is 49.3. The Hall–Kier alpha value is -8.31. The highest BCUT2D eigenvalue weighted by Gasteiger charge is 2.44. The van der Waals surface area contributed by atoms with Crippen LogP contribution in [0.25, 0.3) is 66.0 Å². The molecule has 0 radical (unpaired) electrons. The maximum atomic E-state index is 16.3. The fraction of sp³-hybridized carbons (Fsp3) is 0.446. The van der Waals surface area contributed by atoms with E-state index >= 15 is 4.39 Å². The van der Waals surface area contributed by atoms with Crippen molar-refractivity contribution < 1.29 is 33.3 Å². The number of H-pyrrole nitrogens is 2. The van der Waals surface area contributed by atoms with E-state index in [2.05, 4.69) is 66.3 Å². The minimum atomic E-state index is -0.926. The largest absolute Gasteiger partial charge is 0.486 e. The van der Waals surface area contributed by atoms with Crippen LogP contribution in [0.2, 0.25) is 0 Å². The molecule has 22 heteroatoms. The van der Waals surface area contributed by atoms with Crippen LogP contribution in [-0.2, 0) is 47.0 Å². The molecule has 15 rings (SSSR count). The van der Waals surface area contributed by atoms with Gasteiger partial charge in [-0.25, -0.2) is 4.39 Å². The molecule has 4 aromatic carbocycles. The molecule has 2 bridgehead atoms. The molecule has 5 fully saturated rings. The summed E-state index contributed by atoms with van der Waals surface area (Å²) in [7, 11) is 0. The quantitative estimate of drug-likeness (QED) is 0.0553. The molecule has 2 amide bonds. The highest BCUT2D eigenvalue weighted by atomic mass is 19.1. The van der Waals surface area contributed by atoms with Crippen LogP contribution in [0.1, 0.15) is 105 Å². The summed E-state index contributed by atoms with van der Waals surface area (Å²) in [6.45, 7) is 13.0. The molecular weight excluding hydrogens is 1110 g/mol. The Morgan fingerprint density at radius 1 is 0.943 bits per heavy atom. The zero-order chi connectivity index (χ0) is 59.4. The summed E-state index contributed by atoms with van der Waals surface area (Å²) >= 11 is 0. The van der Waals surface area contributed by atoms with Gasteiger partial charge >= 0.3 is 6.01 Å². The SMILES string of the molecule is CCn1nccc1-c1ccc(CNC(=O)[C@@H]2C[C@@H](O)CN2C(=O)[C@H](C(C)C)n2cc3c(n2)c(=O)[nH]c2cc(COc4c(-c5c(C)c(F)cc6[nH]ncc56)c(C5CC5)cc5c(N6C[C@@H]7C[C@H]6CN7)nc(OC6CCOCC6)nc45)ccc23)c2c1CCNC2. The maximum Gasteiger partial charge on any atom is 0.319 e. The summed E-state index contributed by atoms with van der Waals surface area (Å²) in [4.78, 5) is 60.8. The van der Waals surface area contributed by atoms with E-state index < -0.39 is 23.7 Å². The van der Waals surface area contributed by atoms with Gasteiger partial charge in [0.1, 0.15) is 41.9 Å². The molecule has 0 spiro atoms. The summed E-state index contributed by atoms with van der Waals surface area (Å²) < 4.78 is 39.4. The molecule has 10 heterocycles. The van der Waals surface area contributed by atoms with Gasteiger partial charge < -0.3 is 50.1 Å². The van der Waals surface area contributed by atoms with Gasteiger partial charge in [-0.1, -0.05) is 38.1 Å². The summed E-state index contributed by atoms with van der Waals surface area (Å²) in [5, 5.41) is 40.9. The summed E-state index contributed by atoms with van der Waals surface area (Å²) in [6.07, 6.45) is 9.49. The second-order valence-electron chi connectivity index (χ2n) is 24.9. The van der Waals surface area contributed by atoms with Crippen LogP contribution >= 0.6 is 0 Å². The molecule has 9 aromatic rings. The van der Waals surface area contributed by atoms with Crippen LogP contribution in [0.4, 0.5) is 10.2 Å². The molecule has 5 atom stereocenters. The number of aromatic amines is 2. The number of likely N-dealkylation sites (tertiary alicyclic amines) is 1. The molecule has 87 heavy (non-hydrogen) atoms. The number of aryl methyl sites for hydroxylation is 1. The first-order valence-electron chi connectivity index (χ1n) is 30.9. The first-order valence-corrected chi connectivity index (χ1v) is 30.9. The van der Waals surface area contributed by atoms with E-state index in [-0.39, 0.29) is 79.3 Å². The lowest BCUT2D eigenvalue weighted by molar-refractivity contribution is -0.142. The van der Waals surface area contributed by atoms with Gasteiger partial charge in [0.25, 0.3) is 5.56 Å². The Labute approximate surface area is 500 Å². The van der Waals surface area contributed by atoms with Crippen molar-refractivity contribution in [1.82, 2.24) is 65.6 Å². The number of halogens is 1. The third kappa shape index (κ3) is 9.84. The molecule has 450 valence electrons. The fourth-order valence-corrected chi connectivity index (χ4v) is 14.5. The second-order valence-corrected chi connectivity index (χ2v) is 24.9. The number of aliphatic hydroxyl groups excluding tert-OH is 1. The number of aromatic nitrogens is 9. The molecule has 0 unspecified atom stereocenters. The van der Waals surface area contributed by atoms with Crippen LogP contribution in [0.5, 0.6) is 11.8 Å². The second kappa shape index (κ2) is 22.1. The standard InChI is InChI=1S/C65H71FN14O7/c1-5-79-53(13-17-71-79)44-11-9-37(47-27-67-16-12-42(44)47)25-69-62(82)54-22-40(81)30-78(54)64(84)59(33(2)3)80-31-49-43-10-6-35(20-51(43)72-63(83)58(49)76-80)32-86-60-56(55-34(4)50(66)24-52-48(55)28-70-75-52)45(36-7-8-36)23-46-57(60)73-65(87-41-14-18-85-19-15-41)74-61(46)77-29-38-21-39(77)26-68-38/h6,9-11,13,17,20,23-24,28,31,33,36,38-41,54,59,67-68,81H,5,7-8,12,14-16,18-19,21-22,25-27,29-30,32H2,1-4H3,(H,69,82)(H,70,75)(H,72,83)/t38-,39-,40+,54-,59-/m0/s1. The minimum Gasteiger partial charge on any atom is -0.486 e. The summed E-state index contributed by atoms with van der Waals surface area (Å²) in [5.41, 5.74) is 10.6. The number of carbonyl (C=O) groups excluding carboxylic acids is 2. The lowest BCUT2D eigenvalue weighted by Gasteiger charge is -2.31. The molecule has 5 aliphatic heterocycles. The smallest absolute Gasteiger partial charge is 0.319 e. The lowest BCUT2D eigenvalue weighted by atomic mass is 9.88. The number of piperazine rings is 1. The summed E-state index contributed by atoms with van der Waals surface area (Å²) in [5.74, 6) is 0.0320. The van der Waals surface area contributed by atoms with Crippen molar-refractivity contribution >= 4 is 61.2 Å². The zero-order valence-electron chi connectivity index (χ0n) is 49.3. The number of benzene rings is 4. The fourth-order valence-electron chi connectivity index (χ4n) is 14.5. The number of fused-ring (bicyclic) bond motifs is 8. The number of carbonyl (C=O) groups is 2. The van der Waals surface area contributed by atoms with Crippen molar-refractivity contribution in [2.75, 3.05) is 44.3 Å². The molecule has 21 nitrogen and oxygen atoms in total. The normalized spacial score (nSPS) is 20.9. The third-order valence-electron chi connectivity index (χ3n) is 19.0. The van der Waals surface area contributed by atoms with Crippen LogP contribution in [0, 0.1) is 18.7 Å². The van der Waals surface area contributed by atoms with Gasteiger partial charge in [-0.15, -0.1) is 0 Å². The number of ether oxygens (including phenoxy) is 3. The average molecular weight is 1180 g/mol. The molecule has 6 N–H and O–H groups in total. The maximum absolute atomic E-state index is 16.3. The van der Waals surface area contributed by atoms with Gasteiger partial charge in [-0.05, 0) is 116 Å². The number of hydrogen-bond acceptors (Lipinski definition) is 15. The number of pyridine rings is 1. The number of nitrogens with zero attached hydrogens (tertiary/aromatic N) is 9. The molecule has 1 aliphatic carbocycles. The van der Waals surface area contributed by atoms with Crippen molar-refractivity contribution in [3.05, 3.63) is 117 Å².